The standard InChI is InChI=1S/C18H19BrN2O4S/c1-12(22)21-11-18(2,3)25-17-9-8-13(10-16(17)21)26(23,24)20-15-7-5-4-6-14(15)19/h4-10,20H,11H2,1-3H3. The quantitative estimate of drug-likeness (QED) is 0.790. The van der Waals surface area contributed by atoms with Crippen LogP contribution in [0.3, 0.4) is 0 Å². The van der Waals surface area contributed by atoms with Gasteiger partial charge in [0.2, 0.25) is 5.91 Å². The van der Waals surface area contributed by atoms with E-state index in [1.807, 2.05) is 13.8 Å². The predicted molar refractivity (Wildman–Crippen MR) is 104 cm³/mol. The van der Waals surface area contributed by atoms with Crippen LogP contribution in [0, 0.1) is 0 Å². The molecule has 1 heterocycles. The number of nitrogens with zero attached hydrogens (tertiary/aromatic N) is 1. The van der Waals surface area contributed by atoms with Crippen molar-refractivity contribution in [3.63, 3.8) is 0 Å². The summed E-state index contributed by atoms with van der Waals surface area (Å²) in [5.41, 5.74) is 0.338. The first-order chi connectivity index (χ1) is 12.1. The highest BCUT2D eigenvalue weighted by Gasteiger charge is 2.34. The molecule has 6 nitrogen and oxygen atoms in total. The van der Waals surface area contributed by atoms with Gasteiger partial charge < -0.3 is 9.64 Å². The van der Waals surface area contributed by atoms with E-state index >= 15 is 0 Å². The van der Waals surface area contributed by atoms with Gasteiger partial charge in [-0.05, 0) is 60.1 Å². The Morgan fingerprint density at radius 2 is 1.92 bits per heavy atom. The van der Waals surface area contributed by atoms with E-state index in [0.29, 0.717) is 28.1 Å². The molecule has 2 aromatic rings. The first-order valence-electron chi connectivity index (χ1n) is 7.98. The van der Waals surface area contributed by atoms with Crippen molar-refractivity contribution in [3.8, 4) is 5.75 Å². The number of sulfonamides is 1. The summed E-state index contributed by atoms with van der Waals surface area (Å²) in [5.74, 6) is 0.312. The molecular weight excluding hydrogens is 420 g/mol. The van der Waals surface area contributed by atoms with Crippen LogP contribution in [-0.2, 0) is 14.8 Å². The maximum Gasteiger partial charge on any atom is 0.262 e. The van der Waals surface area contributed by atoms with Gasteiger partial charge in [-0.25, -0.2) is 8.42 Å². The first-order valence-corrected chi connectivity index (χ1v) is 10.3. The van der Waals surface area contributed by atoms with Gasteiger partial charge in [-0.1, -0.05) is 12.1 Å². The molecule has 8 heteroatoms. The summed E-state index contributed by atoms with van der Waals surface area (Å²) in [4.78, 5) is 13.6. The molecule has 1 N–H and O–H groups in total. The Morgan fingerprint density at radius 3 is 2.58 bits per heavy atom. The fraction of sp³-hybridized carbons (Fsp3) is 0.278. The van der Waals surface area contributed by atoms with Crippen LogP contribution < -0.4 is 14.4 Å². The Bertz CT molecular complexity index is 973. The summed E-state index contributed by atoms with van der Waals surface area (Å²) in [7, 11) is -3.82. The molecular formula is C18H19BrN2O4S. The van der Waals surface area contributed by atoms with E-state index in [1.54, 1.807) is 30.3 Å². The average molecular weight is 439 g/mol. The molecule has 0 atom stereocenters. The van der Waals surface area contributed by atoms with Gasteiger partial charge >= 0.3 is 0 Å². The SMILES string of the molecule is CC(=O)N1CC(C)(C)Oc2ccc(S(=O)(=O)Nc3ccccc3Br)cc21. The van der Waals surface area contributed by atoms with Gasteiger partial charge in [0.05, 0.1) is 22.8 Å². The normalized spacial score (nSPS) is 15.8. The highest BCUT2D eigenvalue weighted by atomic mass is 79.9. The van der Waals surface area contributed by atoms with Gasteiger partial charge in [0.15, 0.2) is 0 Å². The number of nitrogens with one attached hydrogen (secondary N) is 1. The van der Waals surface area contributed by atoms with Crippen molar-refractivity contribution < 1.29 is 17.9 Å². The maximum absolute atomic E-state index is 12.8. The number of carbonyl (C=O) groups is 1. The van der Waals surface area contributed by atoms with Gasteiger partial charge in [-0.3, -0.25) is 9.52 Å². The number of para-hydroxylation sites is 1. The zero-order valence-electron chi connectivity index (χ0n) is 14.6. The van der Waals surface area contributed by atoms with E-state index < -0.39 is 15.6 Å². The number of ether oxygens (including phenoxy) is 1. The first kappa shape index (κ1) is 18.7. The number of amides is 1. The van der Waals surface area contributed by atoms with Gasteiger partial charge in [-0.15, -0.1) is 0 Å². The molecule has 138 valence electrons. The number of hydrogen-bond donors (Lipinski definition) is 1. The number of benzene rings is 2. The monoisotopic (exact) mass is 438 g/mol. The number of carbonyl (C=O) groups excluding carboxylic acids is 1. The topological polar surface area (TPSA) is 75.7 Å². The Kier molecular flexibility index (Phi) is 4.74. The molecule has 1 aliphatic rings. The summed E-state index contributed by atoms with van der Waals surface area (Å²) >= 11 is 3.32. The van der Waals surface area contributed by atoms with E-state index in [0.717, 1.165) is 0 Å². The summed E-state index contributed by atoms with van der Waals surface area (Å²) < 4.78 is 34.6. The largest absolute Gasteiger partial charge is 0.484 e. The lowest BCUT2D eigenvalue weighted by atomic mass is 10.1. The fourth-order valence-corrected chi connectivity index (χ4v) is 4.40. The van der Waals surface area contributed by atoms with Gasteiger partial charge in [0.25, 0.3) is 10.0 Å². The number of rotatable bonds is 3. The third-order valence-corrected chi connectivity index (χ3v) is 6.01. The predicted octanol–water partition coefficient (Wildman–Crippen LogP) is 3.77. The van der Waals surface area contributed by atoms with Crippen LogP contribution in [0.2, 0.25) is 0 Å². The zero-order valence-corrected chi connectivity index (χ0v) is 17.0. The van der Waals surface area contributed by atoms with Gasteiger partial charge in [-0.2, -0.15) is 0 Å². The summed E-state index contributed by atoms with van der Waals surface area (Å²) in [6, 6.07) is 11.5. The molecule has 0 aliphatic carbocycles. The van der Waals surface area contributed by atoms with Crippen LogP contribution >= 0.6 is 15.9 Å². The van der Waals surface area contributed by atoms with Crippen LogP contribution in [0.4, 0.5) is 11.4 Å². The van der Waals surface area contributed by atoms with E-state index in [4.69, 9.17) is 4.74 Å². The molecule has 2 aromatic carbocycles. The molecule has 0 saturated heterocycles. The van der Waals surface area contributed by atoms with Crippen molar-refractivity contribution in [1.29, 1.82) is 0 Å². The molecule has 0 radical (unpaired) electrons. The van der Waals surface area contributed by atoms with Crippen molar-refractivity contribution in [2.24, 2.45) is 0 Å². The maximum atomic E-state index is 12.8. The lowest BCUT2D eigenvalue weighted by Gasteiger charge is -2.39. The Morgan fingerprint density at radius 1 is 1.23 bits per heavy atom. The molecule has 0 bridgehead atoms. The Hall–Kier alpha value is -2.06. The van der Waals surface area contributed by atoms with E-state index in [2.05, 4.69) is 20.7 Å². The minimum atomic E-state index is -3.82. The van der Waals surface area contributed by atoms with Gasteiger partial charge in [0.1, 0.15) is 11.4 Å². The molecule has 1 aliphatic heterocycles. The zero-order chi connectivity index (χ0) is 19.1. The molecule has 0 saturated carbocycles. The Balaban J connectivity index is 2.01. The second-order valence-electron chi connectivity index (χ2n) is 6.68. The lowest BCUT2D eigenvalue weighted by molar-refractivity contribution is -0.117. The van der Waals surface area contributed by atoms with Crippen molar-refractivity contribution >= 4 is 43.2 Å². The second-order valence-corrected chi connectivity index (χ2v) is 9.22. The third kappa shape index (κ3) is 3.71. The third-order valence-electron chi connectivity index (χ3n) is 3.95. The summed E-state index contributed by atoms with van der Waals surface area (Å²) in [5, 5.41) is 0. The van der Waals surface area contributed by atoms with E-state index in [1.165, 1.54) is 24.0 Å². The number of anilines is 2. The van der Waals surface area contributed by atoms with E-state index in [-0.39, 0.29) is 10.8 Å². The second kappa shape index (κ2) is 6.59. The van der Waals surface area contributed by atoms with Crippen LogP contribution in [0.1, 0.15) is 20.8 Å². The molecule has 0 aromatic heterocycles. The van der Waals surface area contributed by atoms with E-state index in [9.17, 15) is 13.2 Å². The molecule has 0 spiro atoms. The molecule has 3 rings (SSSR count). The van der Waals surface area contributed by atoms with Crippen LogP contribution in [0.5, 0.6) is 5.75 Å². The van der Waals surface area contributed by atoms with Crippen molar-refractivity contribution in [1.82, 2.24) is 0 Å². The molecule has 1 amide bonds. The average Bonchev–Trinajstić information content (AvgIpc) is 2.54. The minimum absolute atomic E-state index is 0.0570. The number of fused-ring (bicyclic) bond motifs is 1. The molecule has 0 unspecified atom stereocenters. The lowest BCUT2D eigenvalue weighted by Crippen LogP contribution is -2.48. The highest BCUT2D eigenvalue weighted by molar-refractivity contribution is 9.10. The van der Waals surface area contributed by atoms with Crippen LogP contribution in [-0.4, -0.2) is 26.5 Å². The number of hydrogen-bond acceptors (Lipinski definition) is 4. The van der Waals surface area contributed by atoms with Crippen molar-refractivity contribution in [2.45, 2.75) is 31.3 Å². The number of halogens is 1. The highest BCUT2D eigenvalue weighted by Crippen LogP contribution is 2.39. The van der Waals surface area contributed by atoms with Crippen molar-refractivity contribution in [2.75, 3.05) is 16.2 Å². The minimum Gasteiger partial charge on any atom is -0.484 e. The summed E-state index contributed by atoms with van der Waals surface area (Å²) in [6.07, 6.45) is 0. The molecule has 0 fully saturated rings. The smallest absolute Gasteiger partial charge is 0.262 e. The van der Waals surface area contributed by atoms with Crippen LogP contribution in [0.25, 0.3) is 0 Å². The van der Waals surface area contributed by atoms with Crippen LogP contribution in [0.15, 0.2) is 51.8 Å². The fourth-order valence-electron chi connectivity index (χ4n) is 2.79. The summed E-state index contributed by atoms with van der Waals surface area (Å²) in [6.45, 7) is 5.55. The van der Waals surface area contributed by atoms with Gasteiger partial charge in [0, 0.05) is 11.4 Å². The van der Waals surface area contributed by atoms with Crippen molar-refractivity contribution in [3.05, 3.63) is 46.9 Å². The molecule has 26 heavy (non-hydrogen) atoms. The Labute approximate surface area is 161 Å².